The zero-order valence-electron chi connectivity index (χ0n) is 10.0. The molecule has 0 fully saturated rings. The maximum absolute atomic E-state index is 11.5. The Morgan fingerprint density at radius 2 is 1.35 bits per heavy atom. The van der Waals surface area contributed by atoms with Crippen molar-refractivity contribution in [1.82, 2.24) is 0 Å². The third-order valence-electron chi connectivity index (χ3n) is 2.09. The number of rotatable bonds is 7. The SMILES string of the molecule is CCC(=CC(=O)O)C(=O)[O][Ge]([C](=O)O)([C](=O)O)[C](=O)O. The molecule has 0 saturated carbocycles. The van der Waals surface area contributed by atoms with E-state index in [9.17, 15) is 24.0 Å². The van der Waals surface area contributed by atoms with Gasteiger partial charge in [0.2, 0.25) is 0 Å². The topological polar surface area (TPSA) is 175 Å². The Labute approximate surface area is 114 Å². The van der Waals surface area contributed by atoms with E-state index in [1.807, 2.05) is 0 Å². The summed E-state index contributed by atoms with van der Waals surface area (Å²) in [5.74, 6) is -3.13. The molecule has 0 rings (SSSR count). The molecule has 0 unspecified atom stereocenters. The van der Waals surface area contributed by atoms with Crippen LogP contribution in [0, 0.1) is 0 Å². The first-order valence-corrected chi connectivity index (χ1v) is 8.96. The van der Waals surface area contributed by atoms with E-state index in [1.165, 1.54) is 6.92 Å². The van der Waals surface area contributed by atoms with E-state index in [1.54, 1.807) is 0 Å². The molecule has 0 aromatic heterocycles. The van der Waals surface area contributed by atoms with Crippen LogP contribution in [0.5, 0.6) is 0 Å². The van der Waals surface area contributed by atoms with Gasteiger partial charge in [-0.1, -0.05) is 0 Å². The molecule has 0 spiro atoms. The molecular formula is C9H10GeO10. The molecule has 10 nitrogen and oxygen atoms in total. The van der Waals surface area contributed by atoms with Crippen LogP contribution in [0.25, 0.3) is 0 Å². The second kappa shape index (κ2) is 6.70. The van der Waals surface area contributed by atoms with Crippen molar-refractivity contribution >= 4 is 39.9 Å². The average Bonchev–Trinajstić information content (AvgIpc) is 2.30. The van der Waals surface area contributed by atoms with Gasteiger partial charge in [-0.05, 0) is 0 Å². The fourth-order valence-electron chi connectivity index (χ4n) is 1.06. The molecular weight excluding hydrogens is 341 g/mol. The number of hydrogen-bond acceptors (Lipinski definition) is 6. The van der Waals surface area contributed by atoms with Gasteiger partial charge in [-0.25, -0.2) is 0 Å². The van der Waals surface area contributed by atoms with Gasteiger partial charge in [-0.3, -0.25) is 0 Å². The number of carboxylic acids is 1. The van der Waals surface area contributed by atoms with Crippen molar-refractivity contribution in [1.29, 1.82) is 0 Å². The van der Waals surface area contributed by atoms with Gasteiger partial charge in [0.15, 0.2) is 0 Å². The van der Waals surface area contributed by atoms with Crippen molar-refractivity contribution in [2.75, 3.05) is 0 Å². The summed E-state index contributed by atoms with van der Waals surface area (Å²) in [6, 6.07) is 0. The van der Waals surface area contributed by atoms with Crippen molar-refractivity contribution < 1.29 is 48.2 Å². The third kappa shape index (κ3) is 3.57. The van der Waals surface area contributed by atoms with Gasteiger partial charge in [0.25, 0.3) is 0 Å². The monoisotopic (exact) mass is 352 g/mol. The van der Waals surface area contributed by atoms with E-state index >= 15 is 0 Å². The minimum atomic E-state index is -6.15. The van der Waals surface area contributed by atoms with Gasteiger partial charge in [0.05, 0.1) is 0 Å². The molecule has 0 aliphatic carbocycles. The van der Waals surface area contributed by atoms with Gasteiger partial charge in [0, 0.05) is 0 Å². The number of carboxylic acid groups (broad SMARTS) is 4. The molecule has 0 atom stereocenters. The Morgan fingerprint density at radius 1 is 0.950 bits per heavy atom. The second-order valence-corrected chi connectivity index (χ2v) is 9.33. The van der Waals surface area contributed by atoms with E-state index in [0.29, 0.717) is 6.08 Å². The van der Waals surface area contributed by atoms with Crippen LogP contribution in [0.1, 0.15) is 13.3 Å². The van der Waals surface area contributed by atoms with Crippen molar-refractivity contribution in [2.24, 2.45) is 0 Å². The van der Waals surface area contributed by atoms with E-state index in [0.717, 1.165) is 0 Å². The summed E-state index contributed by atoms with van der Waals surface area (Å²) in [5, 5.41) is 34.7. The van der Waals surface area contributed by atoms with Gasteiger partial charge >= 0.3 is 113 Å². The Morgan fingerprint density at radius 3 is 1.60 bits per heavy atom. The molecule has 0 bridgehead atoms. The zero-order chi connectivity index (χ0) is 16.1. The van der Waals surface area contributed by atoms with Crippen LogP contribution in [0.15, 0.2) is 11.6 Å². The van der Waals surface area contributed by atoms with Gasteiger partial charge < -0.3 is 0 Å². The van der Waals surface area contributed by atoms with E-state index in [2.05, 4.69) is 3.76 Å². The molecule has 11 heteroatoms. The van der Waals surface area contributed by atoms with Crippen molar-refractivity contribution in [3.05, 3.63) is 11.6 Å². The summed E-state index contributed by atoms with van der Waals surface area (Å²) in [5.41, 5.74) is -0.545. The molecule has 4 N–H and O–H groups in total. The molecule has 20 heavy (non-hydrogen) atoms. The number of aliphatic carboxylic acids is 1. The van der Waals surface area contributed by atoms with Gasteiger partial charge in [-0.15, -0.1) is 0 Å². The maximum atomic E-state index is 11.5. The van der Waals surface area contributed by atoms with Crippen LogP contribution in [-0.2, 0) is 13.4 Å². The average molecular weight is 351 g/mol. The predicted molar refractivity (Wildman–Crippen MR) is 61.9 cm³/mol. The molecule has 0 aliphatic heterocycles. The molecule has 0 saturated heterocycles. The quantitative estimate of drug-likeness (QED) is 0.377. The van der Waals surface area contributed by atoms with Gasteiger partial charge in [0.1, 0.15) is 0 Å². The molecule has 0 amide bonds. The van der Waals surface area contributed by atoms with Crippen molar-refractivity contribution in [3.8, 4) is 0 Å². The van der Waals surface area contributed by atoms with E-state index in [4.69, 9.17) is 20.4 Å². The Balaban J connectivity index is 5.66. The molecule has 0 heterocycles. The zero-order valence-corrected chi connectivity index (χ0v) is 12.1. The number of carbonyl (C=O) groups is 5. The van der Waals surface area contributed by atoms with E-state index in [-0.39, 0.29) is 6.42 Å². The molecule has 0 aromatic carbocycles. The molecule has 0 aromatic rings. The normalized spacial score (nSPS) is 11.6. The van der Waals surface area contributed by atoms with Crippen molar-refractivity contribution in [2.45, 2.75) is 13.3 Å². The van der Waals surface area contributed by atoms with Gasteiger partial charge in [-0.2, -0.15) is 0 Å². The second-order valence-electron chi connectivity index (χ2n) is 3.35. The van der Waals surface area contributed by atoms with Crippen LogP contribution < -0.4 is 0 Å². The Bertz CT molecular complexity index is 469. The summed E-state index contributed by atoms with van der Waals surface area (Å²) in [6.07, 6.45) is 0.184. The van der Waals surface area contributed by atoms with Crippen LogP contribution in [-0.4, -0.2) is 60.4 Å². The first-order chi connectivity index (χ1) is 9.09. The molecule has 0 aliphatic rings. The third-order valence-corrected chi connectivity index (χ3v) is 6.91. The fourth-order valence-corrected chi connectivity index (χ4v) is 3.62. The van der Waals surface area contributed by atoms with Crippen molar-refractivity contribution in [3.63, 3.8) is 0 Å². The fraction of sp³-hybridized carbons (Fsp3) is 0.222. The summed E-state index contributed by atoms with van der Waals surface area (Å²) in [4.78, 5) is 47.9. The summed E-state index contributed by atoms with van der Waals surface area (Å²) >= 11 is -6.15. The number of hydrogen-bond donors (Lipinski definition) is 4. The Hall–Kier alpha value is -2.37. The Kier molecular flexibility index (Phi) is 5.91. The molecule has 0 radical (unpaired) electrons. The standard InChI is InChI=1S/C9H10GeO10/c1-2-4(3-5(11)12)6(13)20-10(7(14)15,8(16)17)9(18)19/h3H,2H2,1H3,(H,11,12)(H,14,15)(H,16,17)(H,18,19). The van der Waals surface area contributed by atoms with Crippen LogP contribution >= 0.6 is 0 Å². The minimum absolute atomic E-state index is 0.206. The van der Waals surface area contributed by atoms with Crippen LogP contribution in [0.4, 0.5) is 14.4 Å². The number of carbonyl (C=O) groups excluding carboxylic acids is 1. The van der Waals surface area contributed by atoms with Crippen LogP contribution in [0.2, 0.25) is 0 Å². The predicted octanol–water partition coefficient (Wildman–Crippen LogP) is 0.675. The van der Waals surface area contributed by atoms with E-state index < -0.39 is 45.5 Å². The summed E-state index contributed by atoms with van der Waals surface area (Å²) < 4.78 is 4.19. The first-order valence-electron chi connectivity index (χ1n) is 4.96. The van der Waals surface area contributed by atoms with Crippen LogP contribution in [0.3, 0.4) is 0 Å². The molecule has 110 valence electrons. The summed E-state index contributed by atoms with van der Waals surface area (Å²) in [7, 11) is 0. The summed E-state index contributed by atoms with van der Waals surface area (Å²) in [6.45, 7) is 1.33. The first kappa shape index (κ1) is 17.6.